The van der Waals surface area contributed by atoms with E-state index in [9.17, 15) is 24.0 Å². The molecule has 1 saturated carbocycles. The number of nitrogens with zero attached hydrogens (tertiary/aromatic N) is 3. The first-order valence-corrected chi connectivity index (χ1v) is 17.7. The fraction of sp³-hybridized carbons (Fsp3) is 0.667. The fourth-order valence-corrected chi connectivity index (χ4v) is 6.03. The van der Waals surface area contributed by atoms with Crippen LogP contribution < -0.4 is 16.0 Å². The second kappa shape index (κ2) is 17.8. The molecule has 1 aliphatic heterocycles. The molecular weight excluding hydrogens is 648 g/mol. The maximum atomic E-state index is 14.2. The summed E-state index contributed by atoms with van der Waals surface area (Å²) in [5.74, 6) is -1.66. The van der Waals surface area contributed by atoms with Crippen molar-refractivity contribution in [3.8, 4) is 0 Å². The van der Waals surface area contributed by atoms with Crippen LogP contribution in [-0.2, 0) is 30.3 Å². The van der Waals surface area contributed by atoms with E-state index in [-0.39, 0.29) is 30.6 Å². The second-order valence-electron chi connectivity index (χ2n) is 14.7. The van der Waals surface area contributed by atoms with E-state index in [2.05, 4.69) is 20.9 Å². The first-order valence-electron chi connectivity index (χ1n) is 17.4. The predicted molar refractivity (Wildman–Crippen MR) is 189 cm³/mol. The Bertz CT molecular complexity index is 1370. The van der Waals surface area contributed by atoms with Crippen molar-refractivity contribution in [2.45, 2.75) is 123 Å². The van der Waals surface area contributed by atoms with Gasteiger partial charge in [-0.15, -0.1) is 0 Å². The third kappa shape index (κ3) is 12.3. The highest BCUT2D eigenvalue weighted by molar-refractivity contribution is 6.30. The zero-order valence-electron chi connectivity index (χ0n) is 30.3. The smallest absolute Gasteiger partial charge is 0.408 e. The molecule has 0 unspecified atom stereocenters. The van der Waals surface area contributed by atoms with Gasteiger partial charge in [0, 0.05) is 39.0 Å². The minimum Gasteiger partial charge on any atom is -0.444 e. The number of nitrogens with one attached hydrogen (secondary N) is 3. The molecule has 1 aromatic heterocycles. The van der Waals surface area contributed by atoms with Gasteiger partial charge in [-0.3, -0.25) is 24.2 Å². The standard InChI is InChI=1S/C36H55ClN6O6/c1-22(2)18-27-33(46)43(8)29(20-25-19-26(37)21-39-23(25)3)31(44)38-17-13-11-9-10-12-14-28(32(45)40-27)42(7)34(47)30(24-15-16-24)41-35(48)49-36(4,5)6/h10,12,19,21-22,24,27-30H,9,11,13-18,20H2,1-8H3,(H,38,44)(H,40,45)(H,41,48)/b12-10-/t27-,28-,29-,30-/m0/s1. The molecule has 0 saturated heterocycles. The SMILES string of the molecule is Cc1ncc(Cl)cc1C[C@H]1C(=O)NCCCC/C=C\C[C@H](N(C)C(=O)[C@@H](NC(=O)OC(C)(C)C)C2CC2)C(=O)N[C@@H](CC(C)C)C(=O)N1C. The monoisotopic (exact) mass is 702 g/mol. The van der Waals surface area contributed by atoms with Crippen LogP contribution in [0, 0.1) is 18.8 Å². The van der Waals surface area contributed by atoms with Gasteiger partial charge in [0.2, 0.25) is 23.6 Å². The number of aryl methyl sites for hydroxylation is 1. The van der Waals surface area contributed by atoms with Crippen LogP contribution in [0.3, 0.4) is 0 Å². The van der Waals surface area contributed by atoms with Gasteiger partial charge in [-0.25, -0.2) is 4.79 Å². The van der Waals surface area contributed by atoms with Crippen LogP contribution in [0.5, 0.6) is 0 Å². The zero-order chi connectivity index (χ0) is 36.5. The summed E-state index contributed by atoms with van der Waals surface area (Å²) in [5.41, 5.74) is 0.696. The molecule has 12 nitrogen and oxygen atoms in total. The van der Waals surface area contributed by atoms with Gasteiger partial charge >= 0.3 is 6.09 Å². The van der Waals surface area contributed by atoms with Crippen LogP contribution in [0.15, 0.2) is 24.4 Å². The summed E-state index contributed by atoms with van der Waals surface area (Å²) in [4.78, 5) is 75.6. The number of hydrogen-bond donors (Lipinski definition) is 3. The fourth-order valence-electron chi connectivity index (χ4n) is 5.85. The Balaban J connectivity index is 1.93. The molecule has 1 aromatic rings. The Morgan fingerprint density at radius 1 is 1.14 bits per heavy atom. The topological polar surface area (TPSA) is 150 Å². The molecule has 0 bridgehead atoms. The van der Waals surface area contributed by atoms with Crippen LogP contribution in [0.25, 0.3) is 0 Å². The van der Waals surface area contributed by atoms with Gasteiger partial charge in [-0.2, -0.15) is 0 Å². The number of carbonyl (C=O) groups excluding carboxylic acids is 5. The Morgan fingerprint density at radius 2 is 1.84 bits per heavy atom. The quantitative estimate of drug-likeness (QED) is 0.342. The van der Waals surface area contributed by atoms with Crippen molar-refractivity contribution in [2.24, 2.45) is 11.8 Å². The number of amides is 5. The van der Waals surface area contributed by atoms with E-state index in [0.29, 0.717) is 23.7 Å². The second-order valence-corrected chi connectivity index (χ2v) is 15.1. The number of aromatic nitrogens is 1. The van der Waals surface area contributed by atoms with Gasteiger partial charge in [-0.1, -0.05) is 37.6 Å². The lowest BCUT2D eigenvalue weighted by Crippen LogP contribution is -2.59. The first-order chi connectivity index (χ1) is 23.0. The highest BCUT2D eigenvalue weighted by Crippen LogP contribution is 2.34. The molecule has 1 fully saturated rings. The lowest BCUT2D eigenvalue weighted by Gasteiger charge is -2.34. The molecular formula is C36H55ClN6O6. The average molecular weight is 703 g/mol. The zero-order valence-corrected chi connectivity index (χ0v) is 31.1. The number of alkyl carbamates (subject to hydrolysis) is 1. The Morgan fingerprint density at radius 3 is 2.47 bits per heavy atom. The summed E-state index contributed by atoms with van der Waals surface area (Å²) >= 11 is 6.24. The van der Waals surface area contributed by atoms with Gasteiger partial charge in [0.05, 0.1) is 5.02 Å². The van der Waals surface area contributed by atoms with Gasteiger partial charge in [0.15, 0.2) is 0 Å². The maximum absolute atomic E-state index is 14.2. The van der Waals surface area contributed by atoms with Crippen LogP contribution in [0.4, 0.5) is 4.79 Å². The van der Waals surface area contributed by atoms with Crippen molar-refractivity contribution in [3.63, 3.8) is 0 Å². The van der Waals surface area contributed by atoms with E-state index in [0.717, 1.165) is 37.7 Å². The molecule has 13 heteroatoms. The summed E-state index contributed by atoms with van der Waals surface area (Å²) in [5, 5.41) is 9.09. The number of halogens is 1. The predicted octanol–water partition coefficient (Wildman–Crippen LogP) is 4.32. The molecule has 3 rings (SSSR count). The highest BCUT2D eigenvalue weighted by atomic mass is 35.5. The van der Waals surface area contributed by atoms with Crippen molar-refractivity contribution in [3.05, 3.63) is 40.7 Å². The third-order valence-corrected chi connectivity index (χ3v) is 8.99. The van der Waals surface area contributed by atoms with Gasteiger partial charge in [0.1, 0.15) is 29.8 Å². The normalized spacial score (nSPS) is 22.9. The van der Waals surface area contributed by atoms with Crippen molar-refractivity contribution in [1.82, 2.24) is 30.7 Å². The molecule has 2 heterocycles. The molecule has 49 heavy (non-hydrogen) atoms. The summed E-state index contributed by atoms with van der Waals surface area (Å²) in [6.45, 7) is 11.4. The van der Waals surface area contributed by atoms with Gasteiger partial charge in [-0.05, 0) is 96.1 Å². The van der Waals surface area contributed by atoms with E-state index in [1.165, 1.54) is 16.0 Å². The lowest BCUT2D eigenvalue weighted by molar-refractivity contribution is -0.144. The number of allylic oxidation sites excluding steroid dienone is 1. The van der Waals surface area contributed by atoms with E-state index in [1.807, 2.05) is 32.9 Å². The molecule has 4 atom stereocenters. The van der Waals surface area contributed by atoms with Gasteiger partial charge in [0.25, 0.3) is 0 Å². The van der Waals surface area contributed by atoms with Crippen LogP contribution in [0.2, 0.25) is 5.02 Å². The Kier molecular flexibility index (Phi) is 14.5. The minimum absolute atomic E-state index is 0.0230. The summed E-state index contributed by atoms with van der Waals surface area (Å²) in [7, 11) is 3.12. The number of likely N-dealkylation sites (N-methyl/N-ethyl adjacent to an activating group) is 2. The summed E-state index contributed by atoms with van der Waals surface area (Å²) in [6.07, 6.45) is 9.17. The van der Waals surface area contributed by atoms with Gasteiger partial charge < -0.3 is 30.5 Å². The third-order valence-electron chi connectivity index (χ3n) is 8.78. The molecule has 272 valence electrons. The van der Waals surface area contributed by atoms with Crippen molar-refractivity contribution < 1.29 is 28.7 Å². The largest absolute Gasteiger partial charge is 0.444 e. The molecule has 5 amide bonds. The summed E-state index contributed by atoms with van der Waals surface area (Å²) in [6, 6.07) is -1.90. The Hall–Kier alpha value is -3.67. The molecule has 3 N–H and O–H groups in total. The number of ether oxygens (including phenoxy) is 1. The van der Waals surface area contributed by atoms with E-state index in [4.69, 9.17) is 16.3 Å². The summed E-state index contributed by atoms with van der Waals surface area (Å²) < 4.78 is 5.42. The molecule has 0 spiro atoms. The number of hydrogen-bond acceptors (Lipinski definition) is 7. The lowest BCUT2D eigenvalue weighted by atomic mass is 9.98. The molecule has 2 aliphatic rings. The van der Waals surface area contributed by atoms with Crippen LogP contribution in [-0.4, -0.2) is 94.9 Å². The highest BCUT2D eigenvalue weighted by Gasteiger charge is 2.42. The van der Waals surface area contributed by atoms with Crippen LogP contribution in [0.1, 0.15) is 90.8 Å². The van der Waals surface area contributed by atoms with Crippen molar-refractivity contribution in [1.29, 1.82) is 0 Å². The number of carbonyl (C=O) groups is 5. The van der Waals surface area contributed by atoms with Crippen molar-refractivity contribution >= 4 is 41.3 Å². The number of pyridine rings is 1. The molecule has 0 radical (unpaired) electrons. The first kappa shape index (κ1) is 39.8. The molecule has 1 aliphatic carbocycles. The molecule has 0 aromatic carbocycles. The van der Waals surface area contributed by atoms with Crippen LogP contribution >= 0.6 is 11.6 Å². The number of rotatable bonds is 8. The Labute approximate surface area is 296 Å². The van der Waals surface area contributed by atoms with E-state index < -0.39 is 53.6 Å². The minimum atomic E-state index is -0.964. The van der Waals surface area contributed by atoms with E-state index >= 15 is 0 Å². The van der Waals surface area contributed by atoms with E-state index in [1.54, 1.807) is 40.9 Å². The maximum Gasteiger partial charge on any atom is 0.408 e. The average Bonchev–Trinajstić information content (AvgIpc) is 3.85. The van der Waals surface area contributed by atoms with Crippen molar-refractivity contribution in [2.75, 3.05) is 20.6 Å².